The van der Waals surface area contributed by atoms with Crippen LogP contribution in [-0.2, 0) is 0 Å². The zero-order valence-corrected chi connectivity index (χ0v) is 12.5. The third-order valence-electron chi connectivity index (χ3n) is 1.34. The van der Waals surface area contributed by atoms with Gasteiger partial charge in [0.25, 0.3) is 0 Å². The van der Waals surface area contributed by atoms with Crippen LogP contribution in [0.25, 0.3) is 12.2 Å². The predicted molar refractivity (Wildman–Crippen MR) is 81.0 cm³/mol. The number of aryl methyl sites for hydroxylation is 1. The van der Waals surface area contributed by atoms with Crippen molar-refractivity contribution in [2.45, 2.75) is 48.5 Å². The molecule has 0 fully saturated rings. The fourth-order valence-electron chi connectivity index (χ4n) is 0.813. The third kappa shape index (κ3) is 9.49. The van der Waals surface area contributed by atoms with Gasteiger partial charge < -0.3 is 0 Å². The number of hydrogen-bond donors (Lipinski definition) is 0. The van der Waals surface area contributed by atoms with Crippen molar-refractivity contribution in [2.75, 3.05) is 0 Å². The van der Waals surface area contributed by atoms with Crippen molar-refractivity contribution in [3.8, 4) is 0 Å². The van der Waals surface area contributed by atoms with Crippen molar-refractivity contribution in [3.05, 3.63) is 36.4 Å². The van der Waals surface area contributed by atoms with E-state index in [2.05, 4.69) is 23.1 Å². The summed E-state index contributed by atoms with van der Waals surface area (Å²) in [6.45, 7) is 21.1. The quantitative estimate of drug-likeness (QED) is 0.709. The van der Waals surface area contributed by atoms with E-state index >= 15 is 0 Å². The van der Waals surface area contributed by atoms with E-state index in [0.29, 0.717) is 0 Å². The topological polar surface area (TPSA) is 25.8 Å². The summed E-state index contributed by atoms with van der Waals surface area (Å²) in [6, 6.07) is 0. The first-order chi connectivity index (χ1) is 8.27. The minimum Gasteiger partial charge on any atom is -0.253 e. The molecule has 0 N–H and O–H groups in total. The molecule has 0 aliphatic rings. The molecular formula is C15H28N2. The van der Waals surface area contributed by atoms with Crippen LogP contribution in [0.15, 0.2) is 19.4 Å². The Bertz CT molecular complexity index is 291. The normalized spacial score (nSPS) is 7.00. The highest BCUT2D eigenvalue weighted by atomic mass is 14.8. The lowest BCUT2D eigenvalue weighted by molar-refractivity contribution is 1.09. The van der Waals surface area contributed by atoms with Crippen molar-refractivity contribution in [1.82, 2.24) is 9.97 Å². The smallest absolute Gasteiger partial charge is 0.0883 e. The monoisotopic (exact) mass is 236 g/mol. The van der Waals surface area contributed by atoms with E-state index in [1.165, 1.54) is 0 Å². The van der Waals surface area contributed by atoms with Gasteiger partial charge in [-0.1, -0.05) is 54.7 Å². The Morgan fingerprint density at radius 1 is 0.882 bits per heavy atom. The highest BCUT2D eigenvalue weighted by molar-refractivity contribution is 5.56. The van der Waals surface area contributed by atoms with Crippen molar-refractivity contribution >= 4 is 12.2 Å². The zero-order valence-electron chi connectivity index (χ0n) is 12.5. The maximum Gasteiger partial charge on any atom is 0.0883 e. The van der Waals surface area contributed by atoms with E-state index in [0.717, 1.165) is 17.1 Å². The molecule has 17 heavy (non-hydrogen) atoms. The van der Waals surface area contributed by atoms with Crippen molar-refractivity contribution in [1.29, 1.82) is 0 Å². The van der Waals surface area contributed by atoms with Gasteiger partial charge in [0, 0.05) is 6.20 Å². The van der Waals surface area contributed by atoms with Crippen LogP contribution in [-0.4, -0.2) is 9.97 Å². The summed E-state index contributed by atoms with van der Waals surface area (Å²) in [5, 5.41) is 0. The van der Waals surface area contributed by atoms with E-state index in [-0.39, 0.29) is 0 Å². The number of nitrogens with zero attached hydrogens (tertiary/aromatic N) is 2. The van der Waals surface area contributed by atoms with Gasteiger partial charge in [-0.15, -0.1) is 0 Å². The third-order valence-corrected chi connectivity index (χ3v) is 1.34. The molecule has 0 spiro atoms. The van der Waals surface area contributed by atoms with Gasteiger partial charge in [0.2, 0.25) is 0 Å². The SMILES string of the molecule is C=Cc1ncc(C)nc1C=C.CC.CC.CC. The van der Waals surface area contributed by atoms with E-state index < -0.39 is 0 Å². The van der Waals surface area contributed by atoms with Gasteiger partial charge in [0.05, 0.1) is 17.1 Å². The Labute approximate surface area is 108 Å². The summed E-state index contributed by atoms with van der Waals surface area (Å²) < 4.78 is 0. The Morgan fingerprint density at radius 2 is 1.29 bits per heavy atom. The molecule has 0 amide bonds. The molecule has 2 nitrogen and oxygen atoms in total. The Morgan fingerprint density at radius 3 is 1.65 bits per heavy atom. The summed E-state index contributed by atoms with van der Waals surface area (Å²) >= 11 is 0. The molecule has 0 aliphatic carbocycles. The van der Waals surface area contributed by atoms with Gasteiger partial charge in [0.1, 0.15) is 0 Å². The summed E-state index contributed by atoms with van der Waals surface area (Å²) in [7, 11) is 0. The van der Waals surface area contributed by atoms with Crippen molar-refractivity contribution < 1.29 is 0 Å². The van der Waals surface area contributed by atoms with Crippen LogP contribution in [0.1, 0.15) is 58.6 Å². The summed E-state index contributed by atoms with van der Waals surface area (Å²) in [5.74, 6) is 0. The maximum absolute atomic E-state index is 4.21. The molecule has 0 radical (unpaired) electrons. The number of aromatic nitrogens is 2. The van der Waals surface area contributed by atoms with Gasteiger partial charge in [-0.25, -0.2) is 4.98 Å². The molecule has 0 bridgehead atoms. The molecule has 0 unspecified atom stereocenters. The fourth-order valence-corrected chi connectivity index (χ4v) is 0.813. The van der Waals surface area contributed by atoms with Gasteiger partial charge in [-0.2, -0.15) is 0 Å². The second-order valence-electron chi connectivity index (χ2n) is 2.19. The molecular weight excluding hydrogens is 208 g/mol. The van der Waals surface area contributed by atoms with Gasteiger partial charge >= 0.3 is 0 Å². The molecule has 98 valence electrons. The molecule has 0 aromatic carbocycles. The Kier molecular flexibility index (Phi) is 20.9. The minimum atomic E-state index is 0.783. The average Bonchev–Trinajstić information content (AvgIpc) is 2.45. The molecule has 0 atom stereocenters. The second-order valence-corrected chi connectivity index (χ2v) is 2.19. The summed E-state index contributed by atoms with van der Waals surface area (Å²) in [5.41, 5.74) is 2.47. The summed E-state index contributed by atoms with van der Waals surface area (Å²) in [4.78, 5) is 8.33. The molecule has 1 aromatic rings. The maximum atomic E-state index is 4.21. The van der Waals surface area contributed by atoms with Gasteiger partial charge in [-0.05, 0) is 19.1 Å². The molecule has 2 heteroatoms. The number of hydrogen-bond acceptors (Lipinski definition) is 2. The predicted octanol–water partition coefficient (Wildman–Crippen LogP) is 5.15. The van der Waals surface area contributed by atoms with Crippen LogP contribution in [0.5, 0.6) is 0 Å². The lowest BCUT2D eigenvalue weighted by atomic mass is 10.3. The van der Waals surface area contributed by atoms with Crippen LogP contribution in [0.2, 0.25) is 0 Å². The standard InChI is InChI=1S/C9H10N2.3C2H6/c1-4-8-9(5-2)11-7(3)6-10-8;3*1-2/h4-6H,1-2H2,3H3;3*1-2H3. The van der Waals surface area contributed by atoms with Crippen molar-refractivity contribution in [2.24, 2.45) is 0 Å². The first-order valence-corrected chi connectivity index (χ1v) is 6.36. The molecule has 1 heterocycles. The van der Waals surface area contributed by atoms with Crippen LogP contribution >= 0.6 is 0 Å². The van der Waals surface area contributed by atoms with E-state index in [4.69, 9.17) is 0 Å². The van der Waals surface area contributed by atoms with Crippen molar-refractivity contribution in [3.63, 3.8) is 0 Å². The van der Waals surface area contributed by atoms with Crippen LogP contribution in [0.3, 0.4) is 0 Å². The van der Waals surface area contributed by atoms with E-state index in [9.17, 15) is 0 Å². The molecule has 0 saturated heterocycles. The lowest BCUT2D eigenvalue weighted by Gasteiger charge is -1.98. The second kappa shape index (κ2) is 17.0. The first kappa shape index (κ1) is 20.9. The van der Waals surface area contributed by atoms with E-state index in [1.807, 2.05) is 48.5 Å². The van der Waals surface area contributed by atoms with E-state index in [1.54, 1.807) is 18.3 Å². The lowest BCUT2D eigenvalue weighted by Crippen LogP contribution is -1.92. The van der Waals surface area contributed by atoms with Crippen LogP contribution in [0, 0.1) is 6.92 Å². The highest BCUT2D eigenvalue weighted by Crippen LogP contribution is 2.05. The van der Waals surface area contributed by atoms with Crippen LogP contribution < -0.4 is 0 Å². The Balaban J connectivity index is -0.000000285. The number of rotatable bonds is 2. The first-order valence-electron chi connectivity index (χ1n) is 6.36. The highest BCUT2D eigenvalue weighted by Gasteiger charge is 1.96. The molecule has 1 aromatic heterocycles. The van der Waals surface area contributed by atoms with Gasteiger partial charge in [0.15, 0.2) is 0 Å². The molecule has 0 saturated carbocycles. The fraction of sp³-hybridized carbons (Fsp3) is 0.467. The zero-order chi connectivity index (χ0) is 14.3. The van der Waals surface area contributed by atoms with Gasteiger partial charge in [-0.3, -0.25) is 4.98 Å². The minimum absolute atomic E-state index is 0.783. The van der Waals surface area contributed by atoms with Crippen LogP contribution in [0.4, 0.5) is 0 Å². The Hall–Kier alpha value is -1.44. The average molecular weight is 236 g/mol. The summed E-state index contributed by atoms with van der Waals surface area (Å²) in [6.07, 6.45) is 5.06. The largest absolute Gasteiger partial charge is 0.253 e. The molecule has 1 rings (SSSR count). The molecule has 0 aliphatic heterocycles.